The van der Waals surface area contributed by atoms with Gasteiger partial charge in [0.1, 0.15) is 17.1 Å². The Morgan fingerprint density at radius 3 is 2.69 bits per heavy atom. The van der Waals surface area contributed by atoms with Crippen molar-refractivity contribution in [2.24, 2.45) is 0 Å². The first-order valence-electron chi connectivity index (χ1n) is 8.38. The van der Waals surface area contributed by atoms with Crippen LogP contribution in [0.1, 0.15) is 34.0 Å². The molecule has 4 nitrogen and oxygen atoms in total. The van der Waals surface area contributed by atoms with Gasteiger partial charge in [-0.05, 0) is 29.8 Å². The lowest BCUT2D eigenvalue weighted by atomic mass is 10.0. The van der Waals surface area contributed by atoms with E-state index in [1.807, 2.05) is 5.38 Å². The van der Waals surface area contributed by atoms with Crippen molar-refractivity contribution in [3.8, 4) is 6.07 Å². The van der Waals surface area contributed by atoms with Gasteiger partial charge in [-0.2, -0.15) is 5.26 Å². The van der Waals surface area contributed by atoms with E-state index in [9.17, 15) is 4.79 Å². The Kier molecular flexibility index (Phi) is 6.18. The highest BCUT2D eigenvalue weighted by molar-refractivity contribution is 7.14. The molecule has 3 aromatic rings. The summed E-state index contributed by atoms with van der Waals surface area (Å²) in [5.74, 6) is -0.0611. The van der Waals surface area contributed by atoms with Crippen LogP contribution in [0.3, 0.4) is 0 Å². The number of aryl methyl sites for hydroxylation is 1. The van der Waals surface area contributed by atoms with E-state index < -0.39 is 0 Å². The number of thiophene rings is 2. The number of nitrogens with zero attached hydrogens (tertiary/aromatic N) is 1. The molecule has 3 rings (SSSR count). The van der Waals surface area contributed by atoms with E-state index in [2.05, 4.69) is 65.4 Å². The molecule has 132 valence electrons. The Morgan fingerprint density at radius 1 is 1.19 bits per heavy atom. The zero-order valence-electron chi connectivity index (χ0n) is 14.4. The molecule has 0 saturated carbocycles. The topological polar surface area (TPSA) is 69.5 Å². The summed E-state index contributed by atoms with van der Waals surface area (Å²) in [5.41, 5.74) is 2.99. The van der Waals surface area contributed by atoms with Gasteiger partial charge in [-0.25, -0.2) is 0 Å². The van der Waals surface area contributed by atoms with Crippen LogP contribution in [0.15, 0.2) is 53.2 Å². The number of carbonyl (C=O) groups excluding carboxylic acids is 1. The maximum absolute atomic E-state index is 12.2. The number of anilines is 1. The molecular formula is C20H20N3OS2+. The fourth-order valence-electron chi connectivity index (χ4n) is 2.72. The standard InChI is InChI=1S/C20H19N3OS2/c1-14-4-6-15(7-5-14)19(17-3-2-11-25-17)22-10-8-18(24)23-20-16(13-21)9-12-26-20/h2-7,9,11-12,19,22H,8,10H2,1H3,(H,23,24)/p+1/t19-/m1/s1. The van der Waals surface area contributed by atoms with Crippen molar-refractivity contribution in [3.63, 3.8) is 0 Å². The maximum Gasteiger partial charge on any atom is 0.230 e. The van der Waals surface area contributed by atoms with Gasteiger partial charge in [-0.1, -0.05) is 35.9 Å². The van der Waals surface area contributed by atoms with E-state index in [1.54, 1.807) is 17.4 Å². The Hall–Kier alpha value is -2.46. The van der Waals surface area contributed by atoms with Crippen molar-refractivity contribution in [1.82, 2.24) is 0 Å². The van der Waals surface area contributed by atoms with Crippen molar-refractivity contribution in [3.05, 3.63) is 74.8 Å². The Morgan fingerprint density at radius 2 is 2.00 bits per heavy atom. The van der Waals surface area contributed by atoms with Gasteiger partial charge in [0, 0.05) is 5.56 Å². The summed E-state index contributed by atoms with van der Waals surface area (Å²) in [4.78, 5) is 13.5. The lowest BCUT2D eigenvalue weighted by Gasteiger charge is -2.15. The average molecular weight is 383 g/mol. The summed E-state index contributed by atoms with van der Waals surface area (Å²) in [6, 6.07) is 16.7. The number of carbonyl (C=O) groups is 1. The molecule has 0 unspecified atom stereocenters. The SMILES string of the molecule is Cc1ccc([C@@H]([NH2+]CCC(=O)Nc2sccc2C#N)c2cccs2)cc1. The number of hydrogen-bond donors (Lipinski definition) is 2. The lowest BCUT2D eigenvalue weighted by molar-refractivity contribution is -0.685. The van der Waals surface area contributed by atoms with Gasteiger partial charge >= 0.3 is 0 Å². The fraction of sp³-hybridized carbons (Fsp3) is 0.200. The van der Waals surface area contributed by atoms with Crippen molar-refractivity contribution in [1.29, 1.82) is 5.26 Å². The minimum atomic E-state index is -0.0611. The average Bonchev–Trinajstić information content (AvgIpc) is 3.31. The number of nitrogens with two attached hydrogens (primary N) is 1. The van der Waals surface area contributed by atoms with E-state index in [1.165, 1.54) is 27.3 Å². The highest BCUT2D eigenvalue weighted by atomic mass is 32.1. The summed E-state index contributed by atoms with van der Waals surface area (Å²) < 4.78 is 0. The molecule has 0 fully saturated rings. The smallest absolute Gasteiger partial charge is 0.230 e. The quantitative estimate of drug-likeness (QED) is 0.654. The summed E-state index contributed by atoms with van der Waals surface area (Å²) in [6.07, 6.45) is 0.399. The van der Waals surface area contributed by atoms with E-state index in [-0.39, 0.29) is 11.9 Å². The van der Waals surface area contributed by atoms with Crippen LogP contribution in [0.25, 0.3) is 0 Å². The molecule has 2 aromatic heterocycles. The van der Waals surface area contributed by atoms with Crippen LogP contribution in [-0.2, 0) is 4.79 Å². The van der Waals surface area contributed by atoms with Crippen LogP contribution < -0.4 is 10.6 Å². The second kappa shape index (κ2) is 8.77. The van der Waals surface area contributed by atoms with Crippen molar-refractivity contribution >= 4 is 33.6 Å². The molecule has 1 amide bonds. The largest absolute Gasteiger partial charge is 0.335 e. The molecule has 3 N–H and O–H groups in total. The fourth-order valence-corrected chi connectivity index (χ4v) is 4.33. The Bertz CT molecular complexity index is 892. The zero-order valence-corrected chi connectivity index (χ0v) is 16.1. The summed E-state index contributed by atoms with van der Waals surface area (Å²) >= 11 is 3.11. The van der Waals surface area contributed by atoms with E-state index in [4.69, 9.17) is 5.26 Å². The molecule has 0 aliphatic rings. The van der Waals surface area contributed by atoms with Crippen LogP contribution in [0.5, 0.6) is 0 Å². The van der Waals surface area contributed by atoms with Gasteiger partial charge in [-0.15, -0.1) is 22.7 Å². The van der Waals surface area contributed by atoms with E-state index in [0.717, 1.165) is 0 Å². The molecule has 1 atom stereocenters. The van der Waals surface area contributed by atoms with Crippen LogP contribution in [0.4, 0.5) is 5.00 Å². The molecule has 0 aliphatic heterocycles. The Labute approximate surface area is 161 Å². The summed E-state index contributed by atoms with van der Waals surface area (Å²) in [5, 5.41) is 18.6. The van der Waals surface area contributed by atoms with E-state index in [0.29, 0.717) is 23.5 Å². The first kappa shape index (κ1) is 18.3. The number of benzene rings is 1. The van der Waals surface area contributed by atoms with Gasteiger partial charge in [0.25, 0.3) is 0 Å². The first-order valence-corrected chi connectivity index (χ1v) is 10.1. The molecule has 0 aliphatic carbocycles. The van der Waals surface area contributed by atoms with Crippen molar-refractivity contribution in [2.45, 2.75) is 19.4 Å². The lowest BCUT2D eigenvalue weighted by Crippen LogP contribution is -2.85. The van der Waals surface area contributed by atoms with Crippen molar-refractivity contribution in [2.75, 3.05) is 11.9 Å². The molecule has 26 heavy (non-hydrogen) atoms. The number of hydrogen-bond acceptors (Lipinski definition) is 4. The third-order valence-corrected chi connectivity index (χ3v) is 5.88. The van der Waals surface area contributed by atoms with Gasteiger partial charge < -0.3 is 10.6 Å². The third-order valence-electron chi connectivity index (χ3n) is 4.10. The maximum atomic E-state index is 12.2. The second-order valence-corrected chi connectivity index (χ2v) is 7.90. The molecular weight excluding hydrogens is 362 g/mol. The highest BCUT2D eigenvalue weighted by Crippen LogP contribution is 2.23. The normalized spacial score (nSPS) is 11.7. The van der Waals surface area contributed by atoms with Crippen molar-refractivity contribution < 1.29 is 10.1 Å². The first-order chi connectivity index (χ1) is 12.7. The molecule has 6 heteroatoms. The Balaban J connectivity index is 1.61. The van der Waals surface area contributed by atoms with Gasteiger partial charge in [-0.3, -0.25) is 4.79 Å². The molecule has 0 spiro atoms. The minimum Gasteiger partial charge on any atom is -0.335 e. The molecule has 0 bridgehead atoms. The molecule has 0 radical (unpaired) electrons. The second-order valence-electron chi connectivity index (χ2n) is 6.00. The van der Waals surface area contributed by atoms with Gasteiger partial charge in [0.05, 0.1) is 23.4 Å². The molecule has 1 aromatic carbocycles. The number of rotatable bonds is 7. The summed E-state index contributed by atoms with van der Waals surface area (Å²) in [6.45, 7) is 2.76. The number of nitriles is 1. The number of quaternary nitrogens is 1. The van der Waals surface area contributed by atoms with Crippen LogP contribution in [0.2, 0.25) is 0 Å². The van der Waals surface area contributed by atoms with Gasteiger partial charge in [0.2, 0.25) is 5.91 Å². The predicted molar refractivity (Wildman–Crippen MR) is 106 cm³/mol. The monoisotopic (exact) mass is 382 g/mol. The van der Waals surface area contributed by atoms with Gasteiger partial charge in [0.15, 0.2) is 0 Å². The van der Waals surface area contributed by atoms with Crippen LogP contribution >= 0.6 is 22.7 Å². The summed E-state index contributed by atoms with van der Waals surface area (Å²) in [7, 11) is 0. The van der Waals surface area contributed by atoms with E-state index >= 15 is 0 Å². The minimum absolute atomic E-state index is 0.0611. The molecule has 2 heterocycles. The highest BCUT2D eigenvalue weighted by Gasteiger charge is 2.19. The number of amides is 1. The zero-order chi connectivity index (χ0) is 18.4. The number of nitrogens with one attached hydrogen (secondary N) is 1. The van der Waals surface area contributed by atoms with Crippen LogP contribution in [0, 0.1) is 18.3 Å². The molecule has 0 saturated heterocycles. The predicted octanol–water partition coefficient (Wildman–Crippen LogP) is 3.67. The third kappa shape index (κ3) is 4.58. The van der Waals surface area contributed by atoms with Crippen LogP contribution in [-0.4, -0.2) is 12.5 Å².